The van der Waals surface area contributed by atoms with E-state index >= 15 is 0 Å². The molecule has 2 heterocycles. The Balaban J connectivity index is 2.19. The van der Waals surface area contributed by atoms with Crippen molar-refractivity contribution < 1.29 is 0 Å². The van der Waals surface area contributed by atoms with E-state index in [0.717, 1.165) is 11.3 Å². The van der Waals surface area contributed by atoms with Crippen LogP contribution in [0, 0.1) is 6.92 Å². The second-order valence-corrected chi connectivity index (χ2v) is 4.81. The molecule has 0 saturated heterocycles. The first kappa shape index (κ1) is 13.3. The van der Waals surface area contributed by atoms with E-state index in [4.69, 9.17) is 0 Å². The molecule has 0 bridgehead atoms. The molecule has 0 aliphatic rings. The third-order valence-corrected chi connectivity index (χ3v) is 3.21. The van der Waals surface area contributed by atoms with Gasteiger partial charge in [-0.15, -0.1) is 0 Å². The van der Waals surface area contributed by atoms with Gasteiger partial charge in [0.25, 0.3) is 5.56 Å². The number of rotatable bonds is 4. The summed E-state index contributed by atoms with van der Waals surface area (Å²) in [5, 5.41) is 7.25. The smallest absolute Gasteiger partial charge is 0.293 e. The molecule has 0 fully saturated rings. The van der Waals surface area contributed by atoms with E-state index in [-0.39, 0.29) is 11.6 Å². The first-order valence-corrected chi connectivity index (χ1v) is 6.29. The van der Waals surface area contributed by atoms with Gasteiger partial charge >= 0.3 is 0 Å². The van der Waals surface area contributed by atoms with Crippen molar-refractivity contribution in [1.82, 2.24) is 19.3 Å². The van der Waals surface area contributed by atoms with Crippen LogP contribution in [0.15, 0.2) is 23.4 Å². The highest BCUT2D eigenvalue weighted by Crippen LogP contribution is 2.08. The fourth-order valence-electron chi connectivity index (χ4n) is 1.85. The van der Waals surface area contributed by atoms with Crippen molar-refractivity contribution in [2.24, 2.45) is 7.05 Å². The molecule has 2 aromatic rings. The molecular formula is C13H19N5O. The molecule has 0 saturated carbocycles. The van der Waals surface area contributed by atoms with Crippen LogP contribution in [-0.4, -0.2) is 19.3 Å². The molecule has 0 spiro atoms. The van der Waals surface area contributed by atoms with Gasteiger partial charge in [-0.1, -0.05) is 0 Å². The highest BCUT2D eigenvalue weighted by molar-refractivity contribution is 5.33. The van der Waals surface area contributed by atoms with Crippen molar-refractivity contribution in [3.63, 3.8) is 0 Å². The van der Waals surface area contributed by atoms with Gasteiger partial charge in [0.1, 0.15) is 0 Å². The number of anilines is 1. The van der Waals surface area contributed by atoms with E-state index < -0.39 is 0 Å². The Labute approximate surface area is 112 Å². The maximum atomic E-state index is 12.1. The van der Waals surface area contributed by atoms with E-state index in [9.17, 15) is 4.79 Å². The topological polar surface area (TPSA) is 64.7 Å². The van der Waals surface area contributed by atoms with Crippen LogP contribution in [-0.2, 0) is 13.6 Å². The van der Waals surface area contributed by atoms with Crippen molar-refractivity contribution in [2.45, 2.75) is 33.4 Å². The van der Waals surface area contributed by atoms with Gasteiger partial charge in [0.15, 0.2) is 5.82 Å². The Morgan fingerprint density at radius 1 is 1.42 bits per heavy atom. The number of hydrogen-bond acceptors (Lipinski definition) is 4. The maximum absolute atomic E-state index is 12.1. The van der Waals surface area contributed by atoms with Crippen molar-refractivity contribution >= 4 is 5.82 Å². The zero-order chi connectivity index (χ0) is 14.0. The number of aryl methyl sites for hydroxylation is 1. The quantitative estimate of drug-likeness (QED) is 0.905. The van der Waals surface area contributed by atoms with E-state index in [2.05, 4.69) is 15.4 Å². The first-order chi connectivity index (χ1) is 9.00. The van der Waals surface area contributed by atoms with Gasteiger partial charge in [0, 0.05) is 43.3 Å². The summed E-state index contributed by atoms with van der Waals surface area (Å²) in [6.45, 7) is 6.48. The lowest BCUT2D eigenvalue weighted by atomic mass is 10.2. The fraction of sp³-hybridized carbons (Fsp3) is 0.462. The van der Waals surface area contributed by atoms with Crippen molar-refractivity contribution in [3.05, 3.63) is 40.2 Å². The van der Waals surface area contributed by atoms with Gasteiger partial charge in [-0.2, -0.15) is 5.10 Å². The van der Waals surface area contributed by atoms with Gasteiger partial charge in [-0.3, -0.25) is 9.48 Å². The van der Waals surface area contributed by atoms with Crippen molar-refractivity contribution in [1.29, 1.82) is 0 Å². The minimum absolute atomic E-state index is 0.0981. The zero-order valence-electron chi connectivity index (χ0n) is 11.7. The largest absolute Gasteiger partial charge is 0.361 e. The van der Waals surface area contributed by atoms with Crippen LogP contribution in [0.5, 0.6) is 0 Å². The number of hydrogen-bond donors (Lipinski definition) is 1. The van der Waals surface area contributed by atoms with Crippen LogP contribution in [0.1, 0.15) is 31.1 Å². The molecule has 0 aromatic carbocycles. The van der Waals surface area contributed by atoms with E-state index in [1.807, 2.05) is 32.5 Å². The van der Waals surface area contributed by atoms with Crippen LogP contribution in [0.2, 0.25) is 0 Å². The van der Waals surface area contributed by atoms with Gasteiger partial charge in [0.2, 0.25) is 0 Å². The Bertz CT molecular complexity index is 626. The Morgan fingerprint density at radius 2 is 2.16 bits per heavy atom. The SMILES string of the molecule is Cc1c(CNc2nccn(C(C)C)c2=O)cnn1C. The highest BCUT2D eigenvalue weighted by atomic mass is 16.1. The van der Waals surface area contributed by atoms with Crippen LogP contribution >= 0.6 is 0 Å². The lowest BCUT2D eigenvalue weighted by Crippen LogP contribution is -2.25. The second kappa shape index (κ2) is 5.26. The Hall–Kier alpha value is -2.11. The molecular weight excluding hydrogens is 242 g/mol. The third-order valence-electron chi connectivity index (χ3n) is 3.21. The average molecular weight is 261 g/mol. The maximum Gasteiger partial charge on any atom is 0.293 e. The predicted octanol–water partition coefficient (Wildman–Crippen LogP) is 1.48. The molecule has 0 aliphatic heterocycles. The third kappa shape index (κ3) is 2.67. The monoisotopic (exact) mass is 261 g/mol. The lowest BCUT2D eigenvalue weighted by Gasteiger charge is -2.11. The number of aromatic nitrogens is 4. The summed E-state index contributed by atoms with van der Waals surface area (Å²) >= 11 is 0. The molecule has 0 aliphatic carbocycles. The summed E-state index contributed by atoms with van der Waals surface area (Å²) in [5.41, 5.74) is 2.04. The highest BCUT2D eigenvalue weighted by Gasteiger charge is 2.08. The summed E-state index contributed by atoms with van der Waals surface area (Å²) in [6.07, 6.45) is 5.14. The number of nitrogens with zero attached hydrogens (tertiary/aromatic N) is 4. The predicted molar refractivity (Wildman–Crippen MR) is 74.2 cm³/mol. The van der Waals surface area contributed by atoms with E-state index in [1.54, 1.807) is 23.2 Å². The molecule has 0 radical (unpaired) electrons. The zero-order valence-corrected chi connectivity index (χ0v) is 11.7. The molecule has 2 rings (SSSR count). The normalized spacial score (nSPS) is 11.0. The lowest BCUT2D eigenvalue weighted by molar-refractivity contribution is 0.575. The molecule has 6 nitrogen and oxygen atoms in total. The summed E-state index contributed by atoms with van der Waals surface area (Å²) in [7, 11) is 1.89. The minimum atomic E-state index is -0.0981. The van der Waals surface area contributed by atoms with E-state index in [0.29, 0.717) is 12.4 Å². The standard InChI is InChI=1S/C13H19N5O/c1-9(2)18-6-5-14-12(13(18)19)15-7-11-8-16-17(4)10(11)3/h5-6,8-9H,7H2,1-4H3,(H,14,15). The molecule has 6 heteroatoms. The molecule has 102 valence electrons. The summed E-state index contributed by atoms with van der Waals surface area (Å²) in [6, 6.07) is 0.121. The second-order valence-electron chi connectivity index (χ2n) is 4.81. The Kier molecular flexibility index (Phi) is 3.69. The van der Waals surface area contributed by atoms with Gasteiger partial charge < -0.3 is 9.88 Å². The van der Waals surface area contributed by atoms with Gasteiger partial charge in [0.05, 0.1) is 6.20 Å². The summed E-state index contributed by atoms with van der Waals surface area (Å²) < 4.78 is 3.47. The Morgan fingerprint density at radius 3 is 2.74 bits per heavy atom. The molecule has 0 unspecified atom stereocenters. The van der Waals surface area contributed by atoms with Crippen LogP contribution in [0.25, 0.3) is 0 Å². The van der Waals surface area contributed by atoms with Gasteiger partial charge in [-0.05, 0) is 20.8 Å². The summed E-state index contributed by atoms with van der Waals surface area (Å²) in [4.78, 5) is 16.2. The molecule has 0 atom stereocenters. The molecule has 1 N–H and O–H groups in total. The fourth-order valence-corrected chi connectivity index (χ4v) is 1.85. The van der Waals surface area contributed by atoms with Crippen LogP contribution in [0.4, 0.5) is 5.82 Å². The molecule has 0 amide bonds. The van der Waals surface area contributed by atoms with Crippen LogP contribution < -0.4 is 10.9 Å². The minimum Gasteiger partial charge on any atom is -0.361 e. The van der Waals surface area contributed by atoms with Crippen LogP contribution in [0.3, 0.4) is 0 Å². The van der Waals surface area contributed by atoms with Crippen molar-refractivity contribution in [2.75, 3.05) is 5.32 Å². The molecule has 2 aromatic heterocycles. The summed E-state index contributed by atoms with van der Waals surface area (Å²) in [5.74, 6) is 0.374. The first-order valence-electron chi connectivity index (χ1n) is 6.29. The van der Waals surface area contributed by atoms with E-state index in [1.165, 1.54) is 0 Å². The van der Waals surface area contributed by atoms with Gasteiger partial charge in [-0.25, -0.2) is 4.98 Å². The number of nitrogens with one attached hydrogen (secondary N) is 1. The molecule has 19 heavy (non-hydrogen) atoms. The van der Waals surface area contributed by atoms with Crippen molar-refractivity contribution in [3.8, 4) is 0 Å². The average Bonchev–Trinajstić information content (AvgIpc) is 2.68.